The predicted octanol–water partition coefficient (Wildman–Crippen LogP) is 4.54. The topological polar surface area (TPSA) is 127 Å². The Morgan fingerprint density at radius 1 is 1.14 bits per heavy atom. The van der Waals surface area contributed by atoms with Crippen molar-refractivity contribution < 1.29 is 27.9 Å². The van der Waals surface area contributed by atoms with Crippen molar-refractivity contribution in [2.24, 2.45) is 5.14 Å². The number of anilines is 1. The fourth-order valence-electron chi connectivity index (χ4n) is 4.20. The molecule has 1 atom stereocenters. The first-order chi connectivity index (χ1) is 17.0. The Labute approximate surface area is 213 Å². The predicted molar refractivity (Wildman–Crippen MR) is 139 cm³/mol. The number of hydrogen-bond acceptors (Lipinski definition) is 7. The van der Waals surface area contributed by atoms with Gasteiger partial charge in [0.1, 0.15) is 17.6 Å². The third-order valence-corrected chi connectivity index (χ3v) is 7.76. The van der Waals surface area contributed by atoms with Crippen LogP contribution >= 0.6 is 11.3 Å². The maximum absolute atomic E-state index is 13.3. The number of sulfonamides is 1. The van der Waals surface area contributed by atoms with E-state index < -0.39 is 27.8 Å². The average molecular weight is 527 g/mol. The Hall–Kier alpha value is -3.47. The number of ketones is 1. The molecule has 10 heteroatoms. The number of nitrogens with two attached hydrogens (primary N) is 1. The third kappa shape index (κ3) is 4.67. The zero-order chi connectivity index (χ0) is 26.2. The van der Waals surface area contributed by atoms with Crippen LogP contribution in [0, 0.1) is 0 Å². The number of carbonyl (C=O) groups is 2. The van der Waals surface area contributed by atoms with Crippen molar-refractivity contribution >= 4 is 44.5 Å². The molecule has 1 aromatic heterocycles. The summed E-state index contributed by atoms with van der Waals surface area (Å²) in [5.41, 5.74) is 1.51. The molecule has 1 fully saturated rings. The number of hydrogen-bond donors (Lipinski definition) is 2. The van der Waals surface area contributed by atoms with Crippen LogP contribution < -0.4 is 14.8 Å². The van der Waals surface area contributed by atoms with Crippen LogP contribution in [0.3, 0.4) is 0 Å². The highest BCUT2D eigenvalue weighted by Gasteiger charge is 2.47. The van der Waals surface area contributed by atoms with Crippen LogP contribution in [0.25, 0.3) is 5.76 Å². The van der Waals surface area contributed by atoms with Gasteiger partial charge in [-0.3, -0.25) is 14.5 Å². The van der Waals surface area contributed by atoms with Gasteiger partial charge < -0.3 is 9.84 Å². The fourth-order valence-corrected chi connectivity index (χ4v) is 5.54. The smallest absolute Gasteiger partial charge is 0.300 e. The summed E-state index contributed by atoms with van der Waals surface area (Å²) in [5.74, 6) is -1.17. The lowest BCUT2D eigenvalue weighted by atomic mass is 9.95. The van der Waals surface area contributed by atoms with Crippen molar-refractivity contribution in [3.63, 3.8) is 0 Å². The maximum atomic E-state index is 13.3. The molecule has 0 aliphatic carbocycles. The Kier molecular flexibility index (Phi) is 7.03. The molecular formula is C26H26N2O6S2. The van der Waals surface area contributed by atoms with Gasteiger partial charge >= 0.3 is 0 Å². The van der Waals surface area contributed by atoms with Crippen LogP contribution in [0.1, 0.15) is 48.7 Å². The summed E-state index contributed by atoms with van der Waals surface area (Å²) in [7, 11) is -3.93. The van der Waals surface area contributed by atoms with Gasteiger partial charge in [0.15, 0.2) is 0 Å². The first-order valence-corrected chi connectivity index (χ1v) is 13.7. The van der Waals surface area contributed by atoms with Gasteiger partial charge in [-0.1, -0.05) is 19.9 Å². The lowest BCUT2D eigenvalue weighted by molar-refractivity contribution is -0.132. The van der Waals surface area contributed by atoms with Crippen molar-refractivity contribution in [3.05, 3.63) is 81.6 Å². The van der Waals surface area contributed by atoms with Crippen LogP contribution in [0.15, 0.2) is 70.4 Å². The highest BCUT2D eigenvalue weighted by Crippen LogP contribution is 2.44. The van der Waals surface area contributed by atoms with E-state index in [0.717, 1.165) is 5.56 Å². The fraction of sp³-hybridized carbons (Fsp3) is 0.231. The average Bonchev–Trinajstić information content (AvgIpc) is 3.45. The minimum absolute atomic E-state index is 0.0446. The molecule has 1 aliphatic rings. The number of nitrogens with zero attached hydrogens (tertiary/aromatic N) is 1. The van der Waals surface area contributed by atoms with Crippen molar-refractivity contribution in [1.29, 1.82) is 0 Å². The van der Waals surface area contributed by atoms with Crippen LogP contribution in [-0.4, -0.2) is 31.8 Å². The van der Waals surface area contributed by atoms with E-state index in [0.29, 0.717) is 28.5 Å². The molecular weight excluding hydrogens is 500 g/mol. The molecule has 3 aromatic rings. The molecule has 2 heterocycles. The van der Waals surface area contributed by atoms with E-state index >= 15 is 0 Å². The Bertz CT molecular complexity index is 1440. The molecule has 1 saturated heterocycles. The van der Waals surface area contributed by atoms with Crippen molar-refractivity contribution in [1.82, 2.24) is 0 Å². The number of Topliss-reactive ketones (excluding diaryl/α,β-unsaturated/α-hetero) is 1. The van der Waals surface area contributed by atoms with Crippen LogP contribution in [0.4, 0.5) is 5.69 Å². The number of aliphatic hydroxyl groups is 1. The number of rotatable bonds is 7. The van der Waals surface area contributed by atoms with E-state index in [4.69, 9.17) is 9.88 Å². The van der Waals surface area contributed by atoms with Gasteiger partial charge in [-0.2, -0.15) is 0 Å². The molecule has 3 N–H and O–H groups in total. The Balaban J connectivity index is 1.88. The number of aliphatic hydroxyl groups excluding tert-OH is 1. The van der Waals surface area contributed by atoms with Gasteiger partial charge in [0.2, 0.25) is 10.0 Å². The first-order valence-electron chi connectivity index (χ1n) is 11.3. The summed E-state index contributed by atoms with van der Waals surface area (Å²) < 4.78 is 29.0. The standard InChI is InChI=1S/C26H26N2O6S2/c1-4-34-20-12-7-16(14-19(20)15(2)3)24(29)22-23(21-6-5-13-35-21)28(26(31)25(22)30)17-8-10-18(11-9-17)36(27,32)33/h5-15,23,29H,4H2,1-3H3,(H2,27,32,33)/b24-22-. The lowest BCUT2D eigenvalue weighted by Gasteiger charge is -2.24. The van der Waals surface area contributed by atoms with Gasteiger partial charge in [-0.25, -0.2) is 13.6 Å². The second-order valence-corrected chi connectivity index (χ2v) is 11.1. The van der Waals surface area contributed by atoms with Gasteiger partial charge in [-0.15, -0.1) is 11.3 Å². The second kappa shape index (κ2) is 9.88. The SMILES string of the molecule is CCOc1ccc(/C(O)=C2/C(=O)C(=O)N(c3ccc(S(N)(=O)=O)cc3)C2c2cccs2)cc1C(C)C. The molecule has 36 heavy (non-hydrogen) atoms. The van der Waals surface area contributed by atoms with Gasteiger partial charge in [0.05, 0.1) is 17.1 Å². The van der Waals surface area contributed by atoms with Gasteiger partial charge in [0, 0.05) is 16.1 Å². The molecule has 1 amide bonds. The van der Waals surface area contributed by atoms with Crippen molar-refractivity contribution in [2.45, 2.75) is 37.6 Å². The molecule has 0 radical (unpaired) electrons. The molecule has 8 nitrogen and oxygen atoms in total. The van der Waals surface area contributed by atoms with Crippen molar-refractivity contribution in [2.75, 3.05) is 11.5 Å². The summed E-state index contributed by atoms with van der Waals surface area (Å²) in [4.78, 5) is 28.3. The molecule has 4 rings (SSSR count). The van der Waals surface area contributed by atoms with E-state index in [-0.39, 0.29) is 22.1 Å². The van der Waals surface area contributed by atoms with Crippen LogP contribution in [0.2, 0.25) is 0 Å². The van der Waals surface area contributed by atoms with E-state index in [1.807, 2.05) is 26.2 Å². The van der Waals surface area contributed by atoms with Gasteiger partial charge in [-0.05, 0) is 72.3 Å². The van der Waals surface area contributed by atoms with E-state index in [9.17, 15) is 23.1 Å². The molecule has 2 aromatic carbocycles. The molecule has 0 bridgehead atoms. The van der Waals surface area contributed by atoms with E-state index in [1.54, 1.807) is 30.3 Å². The van der Waals surface area contributed by atoms with Crippen molar-refractivity contribution in [3.8, 4) is 5.75 Å². The van der Waals surface area contributed by atoms with E-state index in [1.165, 1.54) is 40.5 Å². The summed E-state index contributed by atoms with van der Waals surface area (Å²) in [6, 6.07) is 13.2. The number of amides is 1. The first kappa shape index (κ1) is 25.6. The number of benzene rings is 2. The largest absolute Gasteiger partial charge is 0.507 e. The summed E-state index contributed by atoms with van der Waals surface area (Å²) in [5, 5.41) is 18.4. The molecule has 0 saturated carbocycles. The zero-order valence-corrected chi connectivity index (χ0v) is 21.6. The maximum Gasteiger partial charge on any atom is 0.300 e. The zero-order valence-electron chi connectivity index (χ0n) is 20.0. The molecule has 1 unspecified atom stereocenters. The Morgan fingerprint density at radius 3 is 2.39 bits per heavy atom. The van der Waals surface area contributed by atoms with Crippen LogP contribution in [-0.2, 0) is 19.6 Å². The third-order valence-electron chi connectivity index (χ3n) is 5.91. The normalized spacial score (nSPS) is 17.7. The molecule has 1 aliphatic heterocycles. The Morgan fingerprint density at radius 2 is 1.83 bits per heavy atom. The molecule has 188 valence electrons. The summed E-state index contributed by atoms with van der Waals surface area (Å²) in [6.07, 6.45) is 0. The minimum Gasteiger partial charge on any atom is -0.507 e. The number of primary sulfonamides is 1. The lowest BCUT2D eigenvalue weighted by Crippen LogP contribution is -2.29. The second-order valence-electron chi connectivity index (χ2n) is 8.56. The van der Waals surface area contributed by atoms with Gasteiger partial charge in [0.25, 0.3) is 11.7 Å². The minimum atomic E-state index is -3.93. The monoisotopic (exact) mass is 526 g/mol. The van der Waals surface area contributed by atoms with Crippen LogP contribution in [0.5, 0.6) is 5.75 Å². The number of thiophene rings is 1. The highest BCUT2D eigenvalue weighted by atomic mass is 32.2. The van der Waals surface area contributed by atoms with E-state index in [2.05, 4.69) is 0 Å². The summed E-state index contributed by atoms with van der Waals surface area (Å²) >= 11 is 1.34. The molecule has 0 spiro atoms. The summed E-state index contributed by atoms with van der Waals surface area (Å²) in [6.45, 7) is 6.36. The quantitative estimate of drug-likeness (QED) is 0.264. The number of carbonyl (C=O) groups excluding carboxylic acids is 2. The highest BCUT2D eigenvalue weighted by molar-refractivity contribution is 7.89. The number of ether oxygens (including phenoxy) is 1.